The van der Waals surface area contributed by atoms with Crippen molar-refractivity contribution >= 4 is 29.2 Å². The van der Waals surface area contributed by atoms with E-state index in [4.69, 9.17) is 15.7 Å². The van der Waals surface area contributed by atoms with Crippen LogP contribution in [0.5, 0.6) is 5.75 Å². The number of aromatic nitrogens is 5. The van der Waals surface area contributed by atoms with Crippen LogP contribution in [-0.4, -0.2) is 77.8 Å². The molecule has 4 N–H and O–H groups in total. The van der Waals surface area contributed by atoms with Crippen LogP contribution >= 0.6 is 0 Å². The van der Waals surface area contributed by atoms with Crippen LogP contribution in [0.1, 0.15) is 26.3 Å². The number of hydrogen-bond donors (Lipinski definition) is 3. The summed E-state index contributed by atoms with van der Waals surface area (Å²) >= 11 is 0. The minimum atomic E-state index is -0.212. The predicted molar refractivity (Wildman–Crippen MR) is 177 cm³/mol. The average Bonchev–Trinajstić information content (AvgIpc) is 3.47. The zero-order valence-electron chi connectivity index (χ0n) is 25.2. The quantitative estimate of drug-likeness (QED) is 0.223. The van der Waals surface area contributed by atoms with Crippen molar-refractivity contribution in [2.45, 2.75) is 6.54 Å². The number of pyridine rings is 3. The summed E-state index contributed by atoms with van der Waals surface area (Å²) < 4.78 is 1.95. The number of nitrogen functional groups attached to an aromatic ring is 1. The summed E-state index contributed by atoms with van der Waals surface area (Å²) in [4.78, 5) is 57.2. The third kappa shape index (κ3) is 5.85. The van der Waals surface area contributed by atoms with Crippen LogP contribution in [0.4, 0.5) is 5.82 Å². The summed E-state index contributed by atoms with van der Waals surface area (Å²) in [6.07, 6.45) is 2.18. The molecule has 0 radical (unpaired) electrons. The van der Waals surface area contributed by atoms with E-state index < -0.39 is 0 Å². The maximum absolute atomic E-state index is 13.0. The summed E-state index contributed by atoms with van der Waals surface area (Å²) in [6.45, 7) is 3.18. The van der Waals surface area contributed by atoms with E-state index >= 15 is 0 Å². The number of benzene rings is 2. The fourth-order valence-corrected chi connectivity index (χ4v) is 5.82. The van der Waals surface area contributed by atoms with Gasteiger partial charge in [0.05, 0.1) is 22.5 Å². The van der Waals surface area contributed by atoms with Crippen molar-refractivity contribution in [2.24, 2.45) is 0 Å². The molecular formula is C35H30N8O4. The first-order valence-electron chi connectivity index (χ1n) is 15.1. The molecule has 47 heavy (non-hydrogen) atoms. The van der Waals surface area contributed by atoms with E-state index in [0.717, 1.165) is 11.3 Å². The molecule has 4 aromatic heterocycles. The van der Waals surface area contributed by atoms with Crippen molar-refractivity contribution in [3.05, 3.63) is 118 Å². The fraction of sp³-hybridized carbons (Fsp3) is 0.143. The number of H-pyrrole nitrogens is 1. The molecule has 1 aliphatic rings. The summed E-state index contributed by atoms with van der Waals surface area (Å²) in [6, 6.07) is 24.8. The standard InChI is InChI=1S/C35H30N8O4/c36-32-26(3-2-14-37-32)33-40-29-12-11-28(27-4-1-5-31(46)38-27)39-34(29)43(33)25-9-6-22(7-10-25)20-41-15-17-42(18-16-41)35(47)23-8-13-30(45)24(19-23)21-44/h1-14,19,21,45H,15-18,20H2,(H2,36,37)(H,38,46). The highest BCUT2D eigenvalue weighted by Gasteiger charge is 2.23. The van der Waals surface area contributed by atoms with Gasteiger partial charge in [0.25, 0.3) is 5.91 Å². The molecule has 0 saturated carbocycles. The predicted octanol–water partition coefficient (Wildman–Crippen LogP) is 3.90. The molecule has 0 bridgehead atoms. The fourth-order valence-electron chi connectivity index (χ4n) is 5.82. The molecule has 0 spiro atoms. The van der Waals surface area contributed by atoms with Gasteiger partial charge in [0.2, 0.25) is 5.56 Å². The Morgan fingerprint density at radius 2 is 1.74 bits per heavy atom. The van der Waals surface area contributed by atoms with E-state index in [0.29, 0.717) is 84.3 Å². The molecule has 1 saturated heterocycles. The number of anilines is 1. The van der Waals surface area contributed by atoms with Gasteiger partial charge in [-0.3, -0.25) is 23.9 Å². The molecule has 12 heteroatoms. The first kappa shape index (κ1) is 29.6. The number of amides is 1. The van der Waals surface area contributed by atoms with Crippen molar-refractivity contribution in [1.29, 1.82) is 0 Å². The number of nitrogens with two attached hydrogens (primary N) is 1. The first-order chi connectivity index (χ1) is 22.9. The lowest BCUT2D eigenvalue weighted by atomic mass is 10.1. The van der Waals surface area contributed by atoms with E-state index in [1.807, 2.05) is 41.0 Å². The second kappa shape index (κ2) is 12.3. The Morgan fingerprint density at radius 3 is 2.49 bits per heavy atom. The summed E-state index contributed by atoms with van der Waals surface area (Å²) in [5, 5.41) is 9.77. The number of rotatable bonds is 7. The number of carbonyl (C=O) groups excluding carboxylic acids is 2. The van der Waals surface area contributed by atoms with Gasteiger partial charge in [0.15, 0.2) is 17.8 Å². The van der Waals surface area contributed by atoms with E-state index in [9.17, 15) is 19.5 Å². The molecule has 0 atom stereocenters. The first-order valence-corrected chi connectivity index (χ1v) is 15.1. The number of fused-ring (bicyclic) bond motifs is 1. The Morgan fingerprint density at radius 1 is 0.936 bits per heavy atom. The summed E-state index contributed by atoms with van der Waals surface area (Å²) in [5.41, 5.74) is 11.6. The van der Waals surface area contributed by atoms with E-state index in [-0.39, 0.29) is 22.8 Å². The maximum atomic E-state index is 13.0. The van der Waals surface area contributed by atoms with Gasteiger partial charge in [-0.25, -0.2) is 15.0 Å². The number of phenols is 1. The van der Waals surface area contributed by atoms with Crippen LogP contribution in [-0.2, 0) is 6.54 Å². The molecule has 12 nitrogen and oxygen atoms in total. The van der Waals surface area contributed by atoms with Gasteiger partial charge in [0.1, 0.15) is 17.1 Å². The topological polar surface area (TPSA) is 163 Å². The number of hydrogen-bond acceptors (Lipinski definition) is 9. The number of aromatic hydroxyl groups is 1. The van der Waals surface area contributed by atoms with Crippen molar-refractivity contribution in [1.82, 2.24) is 34.3 Å². The number of imidazole rings is 1. The summed E-state index contributed by atoms with van der Waals surface area (Å²) in [5.74, 6) is 0.640. The molecule has 1 aliphatic heterocycles. The Balaban J connectivity index is 1.13. The molecule has 0 aliphatic carbocycles. The minimum absolute atomic E-state index is 0.0985. The zero-order valence-corrected chi connectivity index (χ0v) is 25.2. The van der Waals surface area contributed by atoms with Crippen LogP contribution in [0.15, 0.2) is 95.9 Å². The molecule has 2 aromatic carbocycles. The van der Waals surface area contributed by atoms with Crippen molar-refractivity contribution in [2.75, 3.05) is 31.9 Å². The number of aromatic amines is 1. The van der Waals surface area contributed by atoms with E-state index in [1.54, 1.807) is 23.2 Å². The van der Waals surface area contributed by atoms with Crippen LogP contribution < -0.4 is 11.3 Å². The molecule has 0 unspecified atom stereocenters. The van der Waals surface area contributed by atoms with Crippen molar-refractivity contribution < 1.29 is 14.7 Å². The second-order valence-corrected chi connectivity index (χ2v) is 11.3. The average molecular weight is 627 g/mol. The molecule has 5 heterocycles. The Bertz CT molecular complexity index is 2180. The highest BCUT2D eigenvalue weighted by atomic mass is 16.3. The van der Waals surface area contributed by atoms with Gasteiger partial charge in [-0.05, 0) is 66.2 Å². The van der Waals surface area contributed by atoms with Gasteiger partial charge in [0, 0.05) is 56.2 Å². The molecular weight excluding hydrogens is 596 g/mol. The Kier molecular flexibility index (Phi) is 7.76. The lowest BCUT2D eigenvalue weighted by Gasteiger charge is -2.35. The van der Waals surface area contributed by atoms with Crippen molar-refractivity contribution in [3.8, 4) is 34.2 Å². The SMILES string of the molecule is Nc1ncccc1-c1nc2ccc(-c3cccc(=O)[nH]3)nc2n1-c1ccc(CN2CCN(C(=O)c3ccc(O)c(C=O)c3)CC2)cc1. The highest BCUT2D eigenvalue weighted by molar-refractivity contribution is 5.96. The number of nitrogens with one attached hydrogen (secondary N) is 1. The number of phenolic OH excluding ortho intramolecular Hbond substituents is 1. The number of piperazine rings is 1. The normalized spacial score (nSPS) is 13.6. The monoisotopic (exact) mass is 626 g/mol. The zero-order chi connectivity index (χ0) is 32.5. The lowest BCUT2D eigenvalue weighted by Crippen LogP contribution is -2.48. The van der Waals surface area contributed by atoms with Gasteiger partial charge in [-0.15, -0.1) is 0 Å². The number of aldehydes is 1. The summed E-state index contributed by atoms with van der Waals surface area (Å²) in [7, 11) is 0. The molecule has 7 rings (SSSR count). The molecule has 1 fully saturated rings. The van der Waals surface area contributed by atoms with Crippen molar-refractivity contribution in [3.63, 3.8) is 0 Å². The third-order valence-corrected chi connectivity index (χ3v) is 8.29. The molecule has 1 amide bonds. The van der Waals surface area contributed by atoms with Gasteiger partial charge in [-0.2, -0.15) is 0 Å². The molecule has 234 valence electrons. The maximum Gasteiger partial charge on any atom is 0.253 e. The van der Waals surface area contributed by atoms with Gasteiger partial charge < -0.3 is 20.7 Å². The Labute approximate surface area is 268 Å². The Hall–Kier alpha value is -6.14. The minimum Gasteiger partial charge on any atom is -0.507 e. The highest BCUT2D eigenvalue weighted by Crippen LogP contribution is 2.31. The smallest absolute Gasteiger partial charge is 0.253 e. The van der Waals surface area contributed by atoms with Crippen LogP contribution in [0.2, 0.25) is 0 Å². The van der Waals surface area contributed by atoms with Crippen LogP contribution in [0, 0.1) is 0 Å². The van der Waals surface area contributed by atoms with Gasteiger partial charge >= 0.3 is 0 Å². The number of carbonyl (C=O) groups is 2. The van der Waals surface area contributed by atoms with E-state index in [1.165, 1.54) is 24.3 Å². The lowest BCUT2D eigenvalue weighted by molar-refractivity contribution is 0.0628. The second-order valence-electron chi connectivity index (χ2n) is 11.3. The van der Waals surface area contributed by atoms with Gasteiger partial charge in [-0.1, -0.05) is 18.2 Å². The third-order valence-electron chi connectivity index (χ3n) is 8.29. The molecule has 6 aromatic rings. The van der Waals surface area contributed by atoms with E-state index in [2.05, 4.69) is 27.0 Å². The van der Waals surface area contributed by atoms with Crippen LogP contribution in [0.25, 0.3) is 39.6 Å². The largest absolute Gasteiger partial charge is 0.507 e. The number of nitrogens with zero attached hydrogens (tertiary/aromatic N) is 6. The van der Waals surface area contributed by atoms with Crippen LogP contribution in [0.3, 0.4) is 0 Å².